The van der Waals surface area contributed by atoms with Gasteiger partial charge in [0.2, 0.25) is 0 Å². The van der Waals surface area contributed by atoms with Gasteiger partial charge in [-0.1, -0.05) is 29.8 Å². The van der Waals surface area contributed by atoms with Crippen LogP contribution in [0.1, 0.15) is 16.8 Å². The Hall–Kier alpha value is -2.59. The minimum absolute atomic E-state index is 0.0128. The summed E-state index contributed by atoms with van der Waals surface area (Å²) in [6.07, 6.45) is 2.55. The monoisotopic (exact) mass is 352 g/mol. The van der Waals surface area contributed by atoms with Crippen molar-refractivity contribution in [3.05, 3.63) is 71.4 Å². The van der Waals surface area contributed by atoms with Crippen LogP contribution in [0.3, 0.4) is 0 Å². The highest BCUT2D eigenvalue weighted by molar-refractivity contribution is 6.30. The third kappa shape index (κ3) is 3.30. The number of carbonyl (C=O) groups excluding carboxylic acids is 1. The third-order valence-electron chi connectivity index (χ3n) is 4.41. The summed E-state index contributed by atoms with van der Waals surface area (Å²) in [4.78, 5) is 18.8. The van der Waals surface area contributed by atoms with Gasteiger partial charge in [-0.15, -0.1) is 0 Å². The number of halogens is 1. The van der Waals surface area contributed by atoms with Crippen molar-refractivity contribution in [1.29, 1.82) is 0 Å². The van der Waals surface area contributed by atoms with E-state index >= 15 is 0 Å². The smallest absolute Gasteiger partial charge is 0.253 e. The van der Waals surface area contributed by atoms with Crippen LogP contribution in [0.5, 0.6) is 5.75 Å². The first-order valence-corrected chi connectivity index (χ1v) is 8.64. The second-order valence-corrected chi connectivity index (χ2v) is 6.55. The molecule has 0 aliphatic carbocycles. The highest BCUT2D eigenvalue weighted by Gasteiger charge is 2.28. The summed E-state index contributed by atoms with van der Waals surface area (Å²) < 4.78 is 6.15. The van der Waals surface area contributed by atoms with Gasteiger partial charge in [0.15, 0.2) is 0 Å². The summed E-state index contributed by atoms with van der Waals surface area (Å²) in [5.74, 6) is 0.780. The first kappa shape index (κ1) is 15.9. The van der Waals surface area contributed by atoms with Gasteiger partial charge in [0.1, 0.15) is 17.4 Å². The highest BCUT2D eigenvalue weighted by atomic mass is 35.5. The number of hydrogen-bond donors (Lipinski definition) is 0. The largest absolute Gasteiger partial charge is 0.486 e. The molecule has 1 aromatic heterocycles. The fourth-order valence-corrected chi connectivity index (χ4v) is 3.26. The number of para-hydroxylation sites is 1. The number of rotatable bonds is 3. The molecule has 4 rings (SSSR count). The van der Waals surface area contributed by atoms with Gasteiger partial charge in [-0.2, -0.15) is 0 Å². The Morgan fingerprint density at radius 1 is 1.12 bits per heavy atom. The van der Waals surface area contributed by atoms with Crippen LogP contribution in [0.4, 0.5) is 0 Å². The van der Waals surface area contributed by atoms with E-state index in [9.17, 15) is 4.79 Å². The lowest BCUT2D eigenvalue weighted by Crippen LogP contribution is -2.30. The lowest BCUT2D eigenvalue weighted by molar-refractivity contribution is 0.0773. The zero-order chi connectivity index (χ0) is 17.2. The maximum atomic E-state index is 12.6. The number of nitrogens with zero attached hydrogens (tertiary/aromatic N) is 2. The van der Waals surface area contributed by atoms with E-state index in [1.165, 1.54) is 0 Å². The van der Waals surface area contributed by atoms with Crippen molar-refractivity contribution in [3.8, 4) is 5.75 Å². The predicted molar refractivity (Wildman–Crippen MR) is 98.1 cm³/mol. The van der Waals surface area contributed by atoms with Crippen molar-refractivity contribution in [2.24, 2.45) is 0 Å². The Morgan fingerprint density at radius 2 is 1.92 bits per heavy atom. The van der Waals surface area contributed by atoms with Crippen LogP contribution in [-0.4, -0.2) is 35.0 Å². The standard InChI is InChI=1S/C20H17ClN2O2/c21-16-8-6-15(7-9-16)20(24)23-12-10-17(13-23)25-18-5-1-3-14-4-2-11-22-19(14)18/h1-9,11,17H,10,12-13H2. The summed E-state index contributed by atoms with van der Waals surface area (Å²) in [5.41, 5.74) is 1.50. The molecular formula is C20H17ClN2O2. The Bertz CT molecular complexity index is 906. The van der Waals surface area contributed by atoms with Crippen molar-refractivity contribution in [3.63, 3.8) is 0 Å². The molecule has 0 bridgehead atoms. The van der Waals surface area contributed by atoms with Crippen LogP contribution in [0, 0.1) is 0 Å². The molecule has 1 fully saturated rings. The summed E-state index contributed by atoms with van der Waals surface area (Å²) in [6.45, 7) is 1.26. The van der Waals surface area contributed by atoms with Crippen LogP contribution in [0.15, 0.2) is 60.8 Å². The fraction of sp³-hybridized carbons (Fsp3) is 0.200. The van der Waals surface area contributed by atoms with Crippen molar-refractivity contribution in [1.82, 2.24) is 9.88 Å². The Labute approximate surface area is 151 Å². The molecule has 126 valence electrons. The number of ether oxygens (including phenoxy) is 1. The van der Waals surface area contributed by atoms with Crippen molar-refractivity contribution >= 4 is 28.4 Å². The minimum atomic E-state index is -0.0242. The zero-order valence-corrected chi connectivity index (χ0v) is 14.3. The van der Waals surface area contributed by atoms with Gasteiger partial charge in [-0.3, -0.25) is 9.78 Å². The fourth-order valence-electron chi connectivity index (χ4n) is 3.13. The molecule has 1 aliphatic rings. The average Bonchev–Trinajstić information content (AvgIpc) is 3.11. The molecule has 3 aromatic rings. The number of likely N-dealkylation sites (tertiary alicyclic amines) is 1. The van der Waals surface area contributed by atoms with Crippen LogP contribution < -0.4 is 4.74 Å². The van der Waals surface area contributed by atoms with E-state index in [-0.39, 0.29) is 12.0 Å². The van der Waals surface area contributed by atoms with E-state index in [1.54, 1.807) is 30.5 Å². The maximum absolute atomic E-state index is 12.6. The SMILES string of the molecule is O=C(c1ccc(Cl)cc1)N1CCC(Oc2cccc3cccnc23)C1. The first-order valence-electron chi connectivity index (χ1n) is 8.26. The van der Waals surface area contributed by atoms with Crippen LogP contribution >= 0.6 is 11.6 Å². The molecule has 0 N–H and O–H groups in total. The second-order valence-electron chi connectivity index (χ2n) is 6.12. The van der Waals surface area contributed by atoms with Crippen LogP contribution in [0.2, 0.25) is 5.02 Å². The molecule has 5 heteroatoms. The summed E-state index contributed by atoms with van der Waals surface area (Å²) in [5, 5.41) is 1.68. The van der Waals surface area contributed by atoms with Gasteiger partial charge in [-0.05, 0) is 36.4 Å². The summed E-state index contributed by atoms with van der Waals surface area (Å²) >= 11 is 5.89. The molecular weight excluding hydrogens is 336 g/mol. The number of benzene rings is 2. The first-order chi connectivity index (χ1) is 12.2. The summed E-state index contributed by atoms with van der Waals surface area (Å²) in [6, 6.07) is 16.8. The molecule has 1 atom stereocenters. The molecule has 0 saturated carbocycles. The third-order valence-corrected chi connectivity index (χ3v) is 4.66. The number of fused-ring (bicyclic) bond motifs is 1. The predicted octanol–water partition coefficient (Wildman–Crippen LogP) is 4.18. The average molecular weight is 353 g/mol. The van der Waals surface area contributed by atoms with Gasteiger partial charge >= 0.3 is 0 Å². The van der Waals surface area contributed by atoms with E-state index in [0.29, 0.717) is 23.7 Å². The molecule has 1 saturated heterocycles. The Morgan fingerprint density at radius 3 is 2.76 bits per heavy atom. The van der Waals surface area contributed by atoms with E-state index in [4.69, 9.17) is 16.3 Å². The van der Waals surface area contributed by atoms with E-state index in [2.05, 4.69) is 4.98 Å². The summed E-state index contributed by atoms with van der Waals surface area (Å²) in [7, 11) is 0. The Kier molecular flexibility index (Phi) is 4.28. The zero-order valence-electron chi connectivity index (χ0n) is 13.6. The number of carbonyl (C=O) groups is 1. The van der Waals surface area contributed by atoms with E-state index in [1.807, 2.05) is 35.2 Å². The number of amides is 1. The van der Waals surface area contributed by atoms with Crippen molar-refractivity contribution < 1.29 is 9.53 Å². The lowest BCUT2D eigenvalue weighted by Gasteiger charge is -2.18. The molecule has 2 heterocycles. The lowest BCUT2D eigenvalue weighted by atomic mass is 10.2. The molecule has 1 amide bonds. The molecule has 1 aliphatic heterocycles. The maximum Gasteiger partial charge on any atom is 0.253 e. The molecule has 1 unspecified atom stereocenters. The molecule has 25 heavy (non-hydrogen) atoms. The second kappa shape index (κ2) is 6.73. The number of hydrogen-bond acceptors (Lipinski definition) is 3. The van der Waals surface area contributed by atoms with E-state index in [0.717, 1.165) is 23.1 Å². The topological polar surface area (TPSA) is 42.4 Å². The molecule has 2 aromatic carbocycles. The molecule has 0 spiro atoms. The van der Waals surface area contributed by atoms with Gasteiger partial charge < -0.3 is 9.64 Å². The van der Waals surface area contributed by atoms with Crippen LogP contribution in [0.25, 0.3) is 10.9 Å². The number of aromatic nitrogens is 1. The van der Waals surface area contributed by atoms with Gasteiger partial charge in [0.05, 0.1) is 6.54 Å². The quantitative estimate of drug-likeness (QED) is 0.710. The highest BCUT2D eigenvalue weighted by Crippen LogP contribution is 2.26. The minimum Gasteiger partial charge on any atom is -0.486 e. The van der Waals surface area contributed by atoms with E-state index < -0.39 is 0 Å². The normalized spacial score (nSPS) is 17.0. The Balaban J connectivity index is 1.47. The van der Waals surface area contributed by atoms with Gasteiger partial charge in [0.25, 0.3) is 5.91 Å². The molecule has 4 nitrogen and oxygen atoms in total. The van der Waals surface area contributed by atoms with Crippen molar-refractivity contribution in [2.75, 3.05) is 13.1 Å². The molecule has 0 radical (unpaired) electrons. The van der Waals surface area contributed by atoms with Crippen LogP contribution in [-0.2, 0) is 0 Å². The van der Waals surface area contributed by atoms with Crippen molar-refractivity contribution in [2.45, 2.75) is 12.5 Å². The van der Waals surface area contributed by atoms with Gasteiger partial charge in [0, 0.05) is 35.1 Å². The number of pyridine rings is 1. The van der Waals surface area contributed by atoms with Gasteiger partial charge in [-0.25, -0.2) is 0 Å².